The van der Waals surface area contributed by atoms with E-state index in [4.69, 9.17) is 11.6 Å². The molecular weight excluding hydrogens is 240 g/mol. The molecular formula is C11H11ClN4O. The van der Waals surface area contributed by atoms with Crippen molar-refractivity contribution in [2.45, 2.75) is 6.54 Å². The molecule has 1 N–H and O–H groups in total. The van der Waals surface area contributed by atoms with Gasteiger partial charge in [0, 0.05) is 19.3 Å². The van der Waals surface area contributed by atoms with Gasteiger partial charge in [0.1, 0.15) is 5.82 Å². The first-order valence-electron chi connectivity index (χ1n) is 5.06. The molecule has 0 unspecified atom stereocenters. The molecule has 0 aliphatic heterocycles. The summed E-state index contributed by atoms with van der Waals surface area (Å²) in [6, 6.07) is 6.55. The normalized spacial score (nSPS) is 10.2. The molecule has 0 spiro atoms. The fraction of sp³-hybridized carbons (Fsp3) is 0.182. The van der Waals surface area contributed by atoms with Crippen molar-refractivity contribution >= 4 is 17.4 Å². The summed E-state index contributed by atoms with van der Waals surface area (Å²) >= 11 is 6.02. The third kappa shape index (κ3) is 2.62. The molecule has 0 amide bonds. The molecule has 0 fully saturated rings. The first-order chi connectivity index (χ1) is 8.20. The highest BCUT2D eigenvalue weighted by Crippen LogP contribution is 2.16. The Morgan fingerprint density at radius 3 is 2.94 bits per heavy atom. The SMILES string of the molecule is CNc1ccc(Cl)c(Cn2ncccc2=O)n1. The molecule has 2 heterocycles. The highest BCUT2D eigenvalue weighted by molar-refractivity contribution is 6.31. The summed E-state index contributed by atoms with van der Waals surface area (Å²) in [5.41, 5.74) is 0.430. The van der Waals surface area contributed by atoms with Gasteiger partial charge in [-0.15, -0.1) is 0 Å². The van der Waals surface area contributed by atoms with Crippen LogP contribution in [-0.2, 0) is 6.54 Å². The standard InChI is InChI=1S/C11H11ClN4O/c1-13-10-5-4-8(12)9(15-10)7-16-11(17)3-2-6-14-16/h2-6H,7H2,1H3,(H,13,15). The Hall–Kier alpha value is -1.88. The molecule has 88 valence electrons. The van der Waals surface area contributed by atoms with Gasteiger partial charge in [0.15, 0.2) is 0 Å². The van der Waals surface area contributed by atoms with Crippen molar-refractivity contribution in [1.82, 2.24) is 14.8 Å². The van der Waals surface area contributed by atoms with Gasteiger partial charge in [-0.25, -0.2) is 9.67 Å². The van der Waals surface area contributed by atoms with Crippen LogP contribution in [0.25, 0.3) is 0 Å². The average molecular weight is 251 g/mol. The van der Waals surface area contributed by atoms with Gasteiger partial charge in [0.2, 0.25) is 0 Å². The van der Waals surface area contributed by atoms with Crippen LogP contribution in [0.5, 0.6) is 0 Å². The Balaban J connectivity index is 2.36. The van der Waals surface area contributed by atoms with E-state index in [1.165, 1.54) is 10.7 Å². The number of hydrogen-bond acceptors (Lipinski definition) is 4. The number of aromatic nitrogens is 3. The summed E-state index contributed by atoms with van der Waals surface area (Å²) in [6.45, 7) is 0.258. The Labute approximate surface area is 103 Å². The second-order valence-electron chi connectivity index (χ2n) is 3.39. The van der Waals surface area contributed by atoms with E-state index < -0.39 is 0 Å². The maximum absolute atomic E-state index is 11.5. The van der Waals surface area contributed by atoms with Crippen LogP contribution in [0.15, 0.2) is 35.3 Å². The van der Waals surface area contributed by atoms with Gasteiger partial charge >= 0.3 is 0 Å². The molecule has 2 aromatic rings. The molecule has 0 atom stereocenters. The third-order valence-corrected chi connectivity index (χ3v) is 2.60. The van der Waals surface area contributed by atoms with Gasteiger partial charge in [0.05, 0.1) is 17.3 Å². The molecule has 2 rings (SSSR count). The molecule has 6 heteroatoms. The molecule has 0 bridgehead atoms. The first kappa shape index (κ1) is 11.6. The van der Waals surface area contributed by atoms with Crippen LogP contribution in [0.1, 0.15) is 5.69 Å². The van der Waals surface area contributed by atoms with Crippen LogP contribution < -0.4 is 10.9 Å². The third-order valence-electron chi connectivity index (χ3n) is 2.26. The first-order valence-corrected chi connectivity index (χ1v) is 5.44. The maximum atomic E-state index is 11.5. The van der Waals surface area contributed by atoms with Gasteiger partial charge in [-0.1, -0.05) is 11.6 Å². The van der Waals surface area contributed by atoms with Gasteiger partial charge in [0.25, 0.3) is 5.56 Å². The van der Waals surface area contributed by atoms with E-state index in [0.717, 1.165) is 0 Å². The van der Waals surface area contributed by atoms with E-state index in [9.17, 15) is 4.79 Å². The highest BCUT2D eigenvalue weighted by atomic mass is 35.5. The number of pyridine rings is 1. The molecule has 0 aromatic carbocycles. The van der Waals surface area contributed by atoms with E-state index in [1.54, 1.807) is 31.4 Å². The quantitative estimate of drug-likeness (QED) is 0.894. The fourth-order valence-corrected chi connectivity index (χ4v) is 1.55. The van der Waals surface area contributed by atoms with E-state index in [-0.39, 0.29) is 12.1 Å². The number of nitrogens with zero attached hydrogens (tertiary/aromatic N) is 3. The molecule has 0 aliphatic rings. The van der Waals surface area contributed by atoms with Crippen molar-refractivity contribution in [3.05, 3.63) is 51.5 Å². The van der Waals surface area contributed by atoms with E-state index in [1.807, 2.05) is 0 Å². The Morgan fingerprint density at radius 1 is 1.41 bits per heavy atom. The zero-order valence-electron chi connectivity index (χ0n) is 9.22. The summed E-state index contributed by atoms with van der Waals surface area (Å²) in [5, 5.41) is 7.39. The predicted molar refractivity (Wildman–Crippen MR) is 66.4 cm³/mol. The summed E-state index contributed by atoms with van der Waals surface area (Å²) < 4.78 is 1.31. The number of halogens is 1. The van der Waals surface area contributed by atoms with E-state index >= 15 is 0 Å². The van der Waals surface area contributed by atoms with Crippen molar-refractivity contribution in [3.8, 4) is 0 Å². The topological polar surface area (TPSA) is 59.8 Å². The van der Waals surface area contributed by atoms with Gasteiger partial charge in [-0.05, 0) is 18.2 Å². The minimum atomic E-state index is -0.180. The lowest BCUT2D eigenvalue weighted by molar-refractivity contribution is 0.628. The Kier molecular flexibility index (Phi) is 3.39. The largest absolute Gasteiger partial charge is 0.373 e. The van der Waals surface area contributed by atoms with Crippen LogP contribution in [0.4, 0.5) is 5.82 Å². The number of anilines is 1. The monoisotopic (exact) mass is 250 g/mol. The number of rotatable bonds is 3. The molecule has 0 saturated carbocycles. The van der Waals surface area contributed by atoms with Crippen LogP contribution in [0.3, 0.4) is 0 Å². The lowest BCUT2D eigenvalue weighted by atomic mass is 10.3. The summed E-state index contributed by atoms with van der Waals surface area (Å²) in [7, 11) is 1.77. The summed E-state index contributed by atoms with van der Waals surface area (Å²) in [4.78, 5) is 15.8. The molecule has 0 saturated heterocycles. The Morgan fingerprint density at radius 2 is 2.24 bits per heavy atom. The van der Waals surface area contributed by atoms with Gasteiger partial charge < -0.3 is 5.32 Å². The van der Waals surface area contributed by atoms with Gasteiger partial charge in [-0.3, -0.25) is 4.79 Å². The smallest absolute Gasteiger partial charge is 0.267 e. The summed E-state index contributed by atoms with van der Waals surface area (Å²) in [5.74, 6) is 0.702. The zero-order chi connectivity index (χ0) is 12.3. The van der Waals surface area contributed by atoms with Crippen molar-refractivity contribution in [2.24, 2.45) is 0 Å². The molecule has 0 aliphatic carbocycles. The molecule has 17 heavy (non-hydrogen) atoms. The van der Waals surface area contributed by atoms with E-state index in [0.29, 0.717) is 16.5 Å². The number of nitrogens with one attached hydrogen (secondary N) is 1. The average Bonchev–Trinajstić information content (AvgIpc) is 2.35. The summed E-state index contributed by atoms with van der Waals surface area (Å²) in [6.07, 6.45) is 1.55. The van der Waals surface area contributed by atoms with Crippen LogP contribution in [0.2, 0.25) is 5.02 Å². The second-order valence-corrected chi connectivity index (χ2v) is 3.80. The van der Waals surface area contributed by atoms with Crippen LogP contribution in [0, 0.1) is 0 Å². The van der Waals surface area contributed by atoms with Crippen LogP contribution >= 0.6 is 11.6 Å². The minimum absolute atomic E-state index is 0.180. The van der Waals surface area contributed by atoms with Crippen molar-refractivity contribution in [1.29, 1.82) is 0 Å². The molecule has 5 nitrogen and oxygen atoms in total. The Bertz CT molecular complexity index is 582. The highest BCUT2D eigenvalue weighted by Gasteiger charge is 2.06. The lowest BCUT2D eigenvalue weighted by Crippen LogP contribution is -2.22. The number of hydrogen-bond donors (Lipinski definition) is 1. The lowest BCUT2D eigenvalue weighted by Gasteiger charge is -2.07. The minimum Gasteiger partial charge on any atom is -0.373 e. The van der Waals surface area contributed by atoms with E-state index in [2.05, 4.69) is 15.4 Å². The van der Waals surface area contributed by atoms with Gasteiger partial charge in [-0.2, -0.15) is 5.10 Å². The van der Waals surface area contributed by atoms with Crippen molar-refractivity contribution < 1.29 is 0 Å². The van der Waals surface area contributed by atoms with Crippen molar-refractivity contribution in [3.63, 3.8) is 0 Å². The zero-order valence-corrected chi connectivity index (χ0v) is 9.98. The second kappa shape index (κ2) is 4.97. The van der Waals surface area contributed by atoms with Crippen LogP contribution in [-0.4, -0.2) is 21.8 Å². The van der Waals surface area contributed by atoms with Crippen molar-refractivity contribution in [2.75, 3.05) is 12.4 Å². The fourth-order valence-electron chi connectivity index (χ4n) is 1.38. The predicted octanol–water partition coefficient (Wildman–Crippen LogP) is 1.38. The molecule has 2 aromatic heterocycles. The maximum Gasteiger partial charge on any atom is 0.267 e. The molecule has 0 radical (unpaired) electrons.